The predicted octanol–water partition coefficient (Wildman–Crippen LogP) is 4.41. The molecule has 0 radical (unpaired) electrons. The highest BCUT2D eigenvalue weighted by molar-refractivity contribution is 6.31. The molecule has 0 saturated carbocycles. The van der Waals surface area contributed by atoms with Crippen LogP contribution in [0.25, 0.3) is 22.8 Å². The fourth-order valence-corrected chi connectivity index (χ4v) is 4.50. The lowest BCUT2D eigenvalue weighted by Crippen LogP contribution is -2.26. The van der Waals surface area contributed by atoms with Crippen molar-refractivity contribution in [3.63, 3.8) is 0 Å². The van der Waals surface area contributed by atoms with Gasteiger partial charge in [0.1, 0.15) is 5.65 Å². The van der Waals surface area contributed by atoms with Crippen molar-refractivity contribution >= 4 is 34.4 Å². The Morgan fingerprint density at radius 1 is 1.19 bits per heavy atom. The number of allylic oxidation sites excluding steroid dienone is 1. The molecule has 2 aliphatic rings. The van der Waals surface area contributed by atoms with Crippen LogP contribution in [-0.2, 0) is 19.4 Å². The standard InChI is InChI=1S/C21H21ClN4/c1-25-8-6-20-19(13-25)18-9-16(22)11-24-21(18)26(20)12-15-4-2-3-14-10-23-7-5-17(14)15/h5,7,9-12H,2-4,6,8,13H2,1H3/b15-12+. The fraction of sp³-hybridized carbons (Fsp3) is 0.333. The summed E-state index contributed by atoms with van der Waals surface area (Å²) >= 11 is 6.26. The Bertz CT molecular complexity index is 1030. The van der Waals surface area contributed by atoms with Gasteiger partial charge in [-0.1, -0.05) is 11.6 Å². The Kier molecular flexibility index (Phi) is 3.84. The summed E-state index contributed by atoms with van der Waals surface area (Å²) in [6, 6.07) is 4.21. The van der Waals surface area contributed by atoms with E-state index in [1.165, 1.54) is 39.8 Å². The van der Waals surface area contributed by atoms with Crippen LogP contribution in [0.1, 0.15) is 35.2 Å². The second-order valence-electron chi connectivity index (χ2n) is 7.35. The van der Waals surface area contributed by atoms with Crippen molar-refractivity contribution in [3.8, 4) is 0 Å². The zero-order chi connectivity index (χ0) is 17.7. The number of likely N-dealkylation sites (N-methyl/N-ethyl adjacent to an activating group) is 1. The van der Waals surface area contributed by atoms with E-state index in [0.717, 1.165) is 38.0 Å². The molecular formula is C21H21ClN4. The first kappa shape index (κ1) is 16.0. The van der Waals surface area contributed by atoms with Crippen molar-refractivity contribution in [1.29, 1.82) is 0 Å². The Labute approximate surface area is 158 Å². The van der Waals surface area contributed by atoms with E-state index < -0.39 is 0 Å². The highest BCUT2D eigenvalue weighted by Gasteiger charge is 2.23. The van der Waals surface area contributed by atoms with Crippen LogP contribution in [0.2, 0.25) is 5.02 Å². The van der Waals surface area contributed by atoms with Gasteiger partial charge in [-0.3, -0.25) is 4.98 Å². The molecule has 26 heavy (non-hydrogen) atoms. The molecule has 0 aromatic carbocycles. The van der Waals surface area contributed by atoms with Crippen LogP contribution in [0.5, 0.6) is 0 Å². The molecule has 1 aliphatic carbocycles. The maximum atomic E-state index is 6.26. The van der Waals surface area contributed by atoms with Crippen molar-refractivity contribution in [2.24, 2.45) is 0 Å². The first-order valence-electron chi connectivity index (χ1n) is 9.20. The van der Waals surface area contributed by atoms with Crippen LogP contribution >= 0.6 is 11.6 Å². The number of hydrogen-bond acceptors (Lipinski definition) is 3. The Balaban J connectivity index is 1.74. The SMILES string of the molecule is CN1CCc2c(c3cc(Cl)cnc3n2/C=C2\CCCc3cnccc32)C1. The van der Waals surface area contributed by atoms with E-state index in [9.17, 15) is 0 Å². The van der Waals surface area contributed by atoms with E-state index in [1.807, 2.05) is 12.4 Å². The first-order chi connectivity index (χ1) is 12.7. The van der Waals surface area contributed by atoms with Gasteiger partial charge in [0.2, 0.25) is 0 Å². The largest absolute Gasteiger partial charge is 0.304 e. The van der Waals surface area contributed by atoms with Crippen molar-refractivity contribution in [3.05, 3.63) is 58.1 Å². The van der Waals surface area contributed by atoms with Crippen LogP contribution in [0.4, 0.5) is 0 Å². The van der Waals surface area contributed by atoms with Gasteiger partial charge in [-0.25, -0.2) is 4.98 Å². The summed E-state index contributed by atoms with van der Waals surface area (Å²) < 4.78 is 2.32. The molecule has 0 atom stereocenters. The molecule has 0 amide bonds. The van der Waals surface area contributed by atoms with Crippen molar-refractivity contribution in [1.82, 2.24) is 19.4 Å². The topological polar surface area (TPSA) is 34.0 Å². The van der Waals surface area contributed by atoms with E-state index >= 15 is 0 Å². The number of nitrogens with zero attached hydrogens (tertiary/aromatic N) is 4. The Hall–Kier alpha value is -2.17. The van der Waals surface area contributed by atoms with Gasteiger partial charge in [0.15, 0.2) is 0 Å². The van der Waals surface area contributed by atoms with E-state index in [1.54, 1.807) is 6.20 Å². The Morgan fingerprint density at radius 2 is 2.12 bits per heavy atom. The number of aromatic nitrogens is 3. The molecule has 0 bridgehead atoms. The average molecular weight is 365 g/mol. The van der Waals surface area contributed by atoms with E-state index in [-0.39, 0.29) is 0 Å². The van der Waals surface area contributed by atoms with Crippen molar-refractivity contribution in [2.45, 2.75) is 32.2 Å². The van der Waals surface area contributed by atoms with E-state index in [0.29, 0.717) is 5.02 Å². The maximum Gasteiger partial charge on any atom is 0.144 e. The number of hydrogen-bond donors (Lipinski definition) is 0. The summed E-state index contributed by atoms with van der Waals surface area (Å²) in [5, 5.41) is 1.88. The molecule has 0 fully saturated rings. The molecule has 0 unspecified atom stereocenters. The monoisotopic (exact) mass is 364 g/mol. The third-order valence-electron chi connectivity index (χ3n) is 5.61. The number of halogens is 1. The third kappa shape index (κ3) is 2.56. The second kappa shape index (κ2) is 6.22. The molecular weight excluding hydrogens is 344 g/mol. The number of fused-ring (bicyclic) bond motifs is 4. The minimum absolute atomic E-state index is 0.701. The van der Waals surface area contributed by atoms with Gasteiger partial charge >= 0.3 is 0 Å². The van der Waals surface area contributed by atoms with Gasteiger partial charge in [-0.2, -0.15) is 0 Å². The molecule has 5 rings (SSSR count). The Morgan fingerprint density at radius 3 is 3.04 bits per heavy atom. The molecule has 132 valence electrons. The van der Waals surface area contributed by atoms with E-state index in [4.69, 9.17) is 11.6 Å². The van der Waals surface area contributed by atoms with Gasteiger partial charge in [-0.05, 0) is 60.7 Å². The van der Waals surface area contributed by atoms with Crippen LogP contribution in [0.3, 0.4) is 0 Å². The van der Waals surface area contributed by atoms with E-state index in [2.05, 4.69) is 44.8 Å². The zero-order valence-corrected chi connectivity index (χ0v) is 15.6. The minimum atomic E-state index is 0.701. The van der Waals surface area contributed by atoms with Crippen LogP contribution in [0.15, 0.2) is 30.7 Å². The summed E-state index contributed by atoms with van der Waals surface area (Å²) in [6.07, 6.45) is 12.4. The lowest BCUT2D eigenvalue weighted by molar-refractivity contribution is 0.312. The number of aryl methyl sites for hydroxylation is 1. The first-order valence-corrected chi connectivity index (χ1v) is 9.58. The minimum Gasteiger partial charge on any atom is -0.304 e. The smallest absolute Gasteiger partial charge is 0.144 e. The summed E-state index contributed by atoms with van der Waals surface area (Å²) in [4.78, 5) is 11.4. The zero-order valence-electron chi connectivity index (χ0n) is 14.9. The highest BCUT2D eigenvalue weighted by atomic mass is 35.5. The summed E-state index contributed by atoms with van der Waals surface area (Å²) in [6.45, 7) is 2.02. The quantitative estimate of drug-likeness (QED) is 0.641. The second-order valence-corrected chi connectivity index (χ2v) is 7.78. The molecule has 4 nitrogen and oxygen atoms in total. The molecule has 0 saturated heterocycles. The van der Waals surface area contributed by atoms with Crippen molar-refractivity contribution < 1.29 is 0 Å². The van der Waals surface area contributed by atoms with Gasteiger partial charge in [0, 0.05) is 55.4 Å². The molecule has 5 heteroatoms. The number of rotatable bonds is 1. The van der Waals surface area contributed by atoms with Crippen LogP contribution in [-0.4, -0.2) is 33.0 Å². The lowest BCUT2D eigenvalue weighted by atomic mass is 9.89. The summed E-state index contributed by atoms with van der Waals surface area (Å²) in [7, 11) is 2.17. The normalized spacial score (nSPS) is 18.9. The predicted molar refractivity (Wildman–Crippen MR) is 106 cm³/mol. The molecule has 3 aromatic heterocycles. The molecule has 4 heterocycles. The van der Waals surface area contributed by atoms with Gasteiger partial charge < -0.3 is 9.47 Å². The molecule has 0 N–H and O–H groups in total. The van der Waals surface area contributed by atoms with Crippen LogP contribution in [0, 0.1) is 0 Å². The third-order valence-corrected chi connectivity index (χ3v) is 5.82. The van der Waals surface area contributed by atoms with Crippen molar-refractivity contribution in [2.75, 3.05) is 13.6 Å². The molecule has 1 aliphatic heterocycles. The van der Waals surface area contributed by atoms with Gasteiger partial charge in [0.05, 0.1) is 5.02 Å². The van der Waals surface area contributed by atoms with Gasteiger partial charge in [0.25, 0.3) is 0 Å². The maximum absolute atomic E-state index is 6.26. The molecule has 3 aromatic rings. The van der Waals surface area contributed by atoms with Crippen LogP contribution < -0.4 is 0 Å². The van der Waals surface area contributed by atoms with Gasteiger partial charge in [-0.15, -0.1) is 0 Å². The average Bonchev–Trinajstić information content (AvgIpc) is 2.94. The summed E-state index contributed by atoms with van der Waals surface area (Å²) in [5.41, 5.74) is 7.83. The lowest BCUT2D eigenvalue weighted by Gasteiger charge is -2.24. The number of pyridine rings is 2. The highest BCUT2D eigenvalue weighted by Crippen LogP contribution is 2.35. The summed E-state index contributed by atoms with van der Waals surface area (Å²) in [5.74, 6) is 0. The molecule has 0 spiro atoms. The fourth-order valence-electron chi connectivity index (χ4n) is 4.34.